The number of H-pyrrole nitrogens is 1. The van der Waals surface area contributed by atoms with E-state index in [-0.39, 0.29) is 6.04 Å². The molecule has 0 aromatic carbocycles. The van der Waals surface area contributed by atoms with Gasteiger partial charge in [-0.05, 0) is 25.8 Å². The van der Waals surface area contributed by atoms with Crippen LogP contribution in [0, 0.1) is 6.92 Å². The van der Waals surface area contributed by atoms with Gasteiger partial charge in [-0.2, -0.15) is 13.2 Å². The van der Waals surface area contributed by atoms with Crippen molar-refractivity contribution in [3.05, 3.63) is 30.4 Å². The largest absolute Gasteiger partial charge is 0.397 e. The van der Waals surface area contributed by atoms with Crippen LogP contribution in [0.1, 0.15) is 25.0 Å². The Labute approximate surface area is 159 Å². The molecular weight excluding hydrogens is 371 g/mol. The van der Waals surface area contributed by atoms with Crippen LogP contribution in [0.3, 0.4) is 0 Å². The standard InChI is InChI=1S/C19H20F3N5O/c1-11-14-8-25-18-13(4-5-23-18)17(14)15(9-24-11)27-6-2-3-12(10-27)26-16(28)7-19(20,21)22/h4-5,8-9,12H,2-3,6-7,10H2,1H3,(H,23,25)(H,26,28). The molecule has 2 N–H and O–H groups in total. The second kappa shape index (κ2) is 6.96. The van der Waals surface area contributed by atoms with Crippen molar-refractivity contribution in [1.29, 1.82) is 0 Å². The van der Waals surface area contributed by atoms with Crippen LogP contribution in [-0.4, -0.2) is 46.2 Å². The van der Waals surface area contributed by atoms with Crippen molar-refractivity contribution in [3.63, 3.8) is 0 Å². The number of hydrogen-bond donors (Lipinski definition) is 2. The van der Waals surface area contributed by atoms with Crippen molar-refractivity contribution in [2.24, 2.45) is 0 Å². The number of pyridine rings is 2. The SMILES string of the molecule is Cc1ncc(N2CCCC(NC(=O)CC(F)(F)F)C2)c2c1cnc1[nH]ccc12. The number of alkyl halides is 3. The average molecular weight is 391 g/mol. The molecule has 1 amide bonds. The summed E-state index contributed by atoms with van der Waals surface area (Å²) in [4.78, 5) is 25.8. The van der Waals surface area contributed by atoms with Gasteiger partial charge in [0.25, 0.3) is 0 Å². The third-order valence-corrected chi connectivity index (χ3v) is 5.10. The predicted octanol–water partition coefficient (Wildman–Crippen LogP) is 3.46. The lowest BCUT2D eigenvalue weighted by Gasteiger charge is -2.35. The lowest BCUT2D eigenvalue weighted by molar-refractivity contribution is -0.154. The Morgan fingerprint density at radius 2 is 2.14 bits per heavy atom. The molecule has 148 valence electrons. The van der Waals surface area contributed by atoms with Crippen LogP contribution in [0.4, 0.5) is 18.9 Å². The summed E-state index contributed by atoms with van der Waals surface area (Å²) in [6.07, 6.45) is 0.881. The second-order valence-electron chi connectivity index (χ2n) is 7.16. The zero-order chi connectivity index (χ0) is 19.9. The van der Waals surface area contributed by atoms with Gasteiger partial charge in [0.15, 0.2) is 0 Å². The van der Waals surface area contributed by atoms with Gasteiger partial charge >= 0.3 is 6.18 Å². The fraction of sp³-hybridized carbons (Fsp3) is 0.421. The van der Waals surface area contributed by atoms with E-state index in [4.69, 9.17) is 0 Å². The molecular formula is C19H20F3N5O. The summed E-state index contributed by atoms with van der Waals surface area (Å²) < 4.78 is 37.3. The third kappa shape index (κ3) is 3.61. The first-order valence-electron chi connectivity index (χ1n) is 9.14. The highest BCUT2D eigenvalue weighted by Crippen LogP contribution is 2.34. The van der Waals surface area contributed by atoms with E-state index in [9.17, 15) is 18.0 Å². The van der Waals surface area contributed by atoms with E-state index in [1.807, 2.05) is 19.2 Å². The Hall–Kier alpha value is -2.84. The number of piperidine rings is 1. The number of carbonyl (C=O) groups excluding carboxylic acids is 1. The van der Waals surface area contributed by atoms with Crippen molar-refractivity contribution < 1.29 is 18.0 Å². The Morgan fingerprint density at radius 3 is 2.93 bits per heavy atom. The molecule has 1 atom stereocenters. The molecule has 1 aliphatic rings. The zero-order valence-corrected chi connectivity index (χ0v) is 15.3. The summed E-state index contributed by atoms with van der Waals surface area (Å²) in [6, 6.07) is 1.63. The topological polar surface area (TPSA) is 73.9 Å². The molecule has 1 aliphatic heterocycles. The molecule has 3 aromatic rings. The maximum Gasteiger partial charge on any atom is 0.397 e. The van der Waals surface area contributed by atoms with E-state index >= 15 is 0 Å². The normalized spacial score (nSPS) is 18.0. The molecule has 1 unspecified atom stereocenters. The van der Waals surface area contributed by atoms with Gasteiger partial charge in [-0.1, -0.05) is 0 Å². The number of aromatic nitrogens is 3. The lowest BCUT2D eigenvalue weighted by atomic mass is 10.0. The number of aromatic amines is 1. The van der Waals surface area contributed by atoms with E-state index in [0.717, 1.165) is 46.2 Å². The van der Waals surface area contributed by atoms with E-state index in [2.05, 4.69) is 25.2 Å². The Bertz CT molecular complexity index is 1030. The summed E-state index contributed by atoms with van der Waals surface area (Å²) >= 11 is 0. The van der Waals surface area contributed by atoms with Gasteiger partial charge in [0.2, 0.25) is 5.91 Å². The van der Waals surface area contributed by atoms with Gasteiger partial charge in [-0.3, -0.25) is 9.78 Å². The summed E-state index contributed by atoms with van der Waals surface area (Å²) in [5.41, 5.74) is 2.54. The van der Waals surface area contributed by atoms with Crippen LogP contribution < -0.4 is 10.2 Å². The van der Waals surface area contributed by atoms with Crippen LogP contribution in [0.15, 0.2) is 24.7 Å². The highest BCUT2D eigenvalue weighted by atomic mass is 19.4. The van der Waals surface area contributed by atoms with Crippen LogP contribution in [0.25, 0.3) is 21.8 Å². The van der Waals surface area contributed by atoms with E-state index in [1.54, 1.807) is 12.4 Å². The van der Waals surface area contributed by atoms with Crippen LogP contribution in [-0.2, 0) is 4.79 Å². The van der Waals surface area contributed by atoms with Gasteiger partial charge < -0.3 is 15.2 Å². The van der Waals surface area contributed by atoms with Crippen molar-refractivity contribution in [2.45, 2.75) is 38.4 Å². The number of hydrogen-bond acceptors (Lipinski definition) is 4. The summed E-state index contributed by atoms with van der Waals surface area (Å²) in [5.74, 6) is -0.983. The molecule has 6 nitrogen and oxygen atoms in total. The van der Waals surface area contributed by atoms with Gasteiger partial charge in [0.1, 0.15) is 12.1 Å². The van der Waals surface area contributed by atoms with Crippen LogP contribution in [0.5, 0.6) is 0 Å². The predicted molar refractivity (Wildman–Crippen MR) is 100 cm³/mol. The summed E-state index contributed by atoms with van der Waals surface area (Å²) in [6.45, 7) is 3.11. The van der Waals surface area contributed by atoms with Gasteiger partial charge in [-0.25, -0.2) is 4.98 Å². The minimum Gasteiger partial charge on any atom is -0.368 e. The molecule has 0 spiro atoms. The fourth-order valence-corrected chi connectivity index (χ4v) is 3.86. The molecule has 1 saturated heterocycles. The molecule has 4 heterocycles. The van der Waals surface area contributed by atoms with Crippen LogP contribution >= 0.6 is 0 Å². The molecule has 0 saturated carbocycles. The van der Waals surface area contributed by atoms with Gasteiger partial charge in [0, 0.05) is 53.4 Å². The number of rotatable bonds is 3. The highest BCUT2D eigenvalue weighted by molar-refractivity contribution is 6.11. The summed E-state index contributed by atoms with van der Waals surface area (Å²) in [7, 11) is 0. The number of amides is 1. The zero-order valence-electron chi connectivity index (χ0n) is 15.3. The number of anilines is 1. The van der Waals surface area contributed by atoms with Crippen molar-refractivity contribution in [1.82, 2.24) is 20.3 Å². The number of halogens is 3. The molecule has 28 heavy (non-hydrogen) atoms. The van der Waals surface area contributed by atoms with Crippen LogP contribution in [0.2, 0.25) is 0 Å². The minimum absolute atomic E-state index is 0.330. The number of nitrogens with one attached hydrogen (secondary N) is 2. The maximum absolute atomic E-state index is 12.4. The number of fused-ring (bicyclic) bond motifs is 3. The molecule has 0 aliphatic carbocycles. The van der Waals surface area contributed by atoms with Gasteiger partial charge in [0.05, 0.1) is 11.9 Å². The van der Waals surface area contributed by atoms with E-state index < -0.39 is 18.5 Å². The van der Waals surface area contributed by atoms with Crippen molar-refractivity contribution in [3.8, 4) is 0 Å². The second-order valence-corrected chi connectivity index (χ2v) is 7.16. The Morgan fingerprint density at radius 1 is 1.32 bits per heavy atom. The van der Waals surface area contributed by atoms with E-state index in [1.165, 1.54) is 0 Å². The average Bonchev–Trinajstić information content (AvgIpc) is 3.09. The molecule has 3 aromatic heterocycles. The first kappa shape index (κ1) is 18.5. The molecule has 0 radical (unpaired) electrons. The van der Waals surface area contributed by atoms with Gasteiger partial charge in [-0.15, -0.1) is 0 Å². The number of carbonyl (C=O) groups is 1. The third-order valence-electron chi connectivity index (χ3n) is 5.10. The monoisotopic (exact) mass is 391 g/mol. The quantitative estimate of drug-likeness (QED) is 0.717. The Kier molecular flexibility index (Phi) is 4.60. The number of nitrogens with zero attached hydrogens (tertiary/aromatic N) is 3. The molecule has 1 fully saturated rings. The minimum atomic E-state index is -4.50. The molecule has 0 bridgehead atoms. The lowest BCUT2D eigenvalue weighted by Crippen LogP contribution is -2.48. The number of aryl methyl sites for hydroxylation is 1. The Balaban J connectivity index is 1.64. The maximum atomic E-state index is 12.4. The first-order chi connectivity index (χ1) is 13.3. The van der Waals surface area contributed by atoms with Crippen molar-refractivity contribution in [2.75, 3.05) is 18.0 Å². The smallest absolute Gasteiger partial charge is 0.368 e. The molecule has 9 heteroatoms. The summed E-state index contributed by atoms with van der Waals surface area (Å²) in [5, 5.41) is 5.45. The van der Waals surface area contributed by atoms with Crippen molar-refractivity contribution >= 4 is 33.4 Å². The fourth-order valence-electron chi connectivity index (χ4n) is 3.86. The van der Waals surface area contributed by atoms with E-state index in [0.29, 0.717) is 13.0 Å². The first-order valence-corrected chi connectivity index (χ1v) is 9.14. The highest BCUT2D eigenvalue weighted by Gasteiger charge is 2.33. The molecule has 4 rings (SSSR count).